The molecule has 2 N–H and O–H groups in total. The first-order chi connectivity index (χ1) is 13.1. The fourth-order valence-electron chi connectivity index (χ4n) is 3.20. The normalized spacial score (nSPS) is 12.2. The summed E-state index contributed by atoms with van der Waals surface area (Å²) in [6.07, 6.45) is 0. The Morgan fingerprint density at radius 2 is 1.89 bits per heavy atom. The summed E-state index contributed by atoms with van der Waals surface area (Å²) in [4.78, 5) is 20.3. The predicted octanol–water partition coefficient (Wildman–Crippen LogP) is 4.14. The van der Waals surface area contributed by atoms with E-state index in [2.05, 4.69) is 21.4 Å². The van der Waals surface area contributed by atoms with Crippen LogP contribution in [0.1, 0.15) is 24.2 Å². The molecule has 0 spiro atoms. The van der Waals surface area contributed by atoms with Crippen LogP contribution in [0.15, 0.2) is 60.7 Å². The van der Waals surface area contributed by atoms with Gasteiger partial charge < -0.3 is 15.0 Å². The third-order valence-corrected chi connectivity index (χ3v) is 4.83. The van der Waals surface area contributed by atoms with Gasteiger partial charge in [-0.2, -0.15) is 0 Å². The number of carbonyl (C=O) groups excluding carboxylic acids is 1. The number of hydrogen-bond donors (Lipinski definition) is 2. The molecule has 3 aromatic carbocycles. The fourth-order valence-corrected chi connectivity index (χ4v) is 3.20. The lowest BCUT2D eigenvalue weighted by molar-refractivity contribution is -0.122. The van der Waals surface area contributed by atoms with Crippen LogP contribution in [0.3, 0.4) is 0 Å². The van der Waals surface area contributed by atoms with Crippen molar-refractivity contribution in [2.75, 3.05) is 7.11 Å². The van der Waals surface area contributed by atoms with Gasteiger partial charge >= 0.3 is 0 Å². The highest BCUT2D eigenvalue weighted by atomic mass is 16.5. The highest BCUT2D eigenvalue weighted by Crippen LogP contribution is 2.25. The molecule has 0 saturated heterocycles. The van der Waals surface area contributed by atoms with Crippen LogP contribution in [0.25, 0.3) is 21.8 Å². The van der Waals surface area contributed by atoms with E-state index in [1.54, 1.807) is 7.11 Å². The Hall–Kier alpha value is -3.34. The van der Waals surface area contributed by atoms with Gasteiger partial charge in [-0.05, 0) is 47.5 Å². The molecule has 0 aliphatic rings. The average molecular weight is 359 g/mol. The van der Waals surface area contributed by atoms with Gasteiger partial charge in [0, 0.05) is 0 Å². The number of para-hydroxylation sites is 2. The van der Waals surface area contributed by atoms with Crippen LogP contribution in [0, 0.1) is 0 Å². The first-order valence-electron chi connectivity index (χ1n) is 8.93. The zero-order chi connectivity index (χ0) is 18.8. The Balaban J connectivity index is 1.47. The number of benzene rings is 3. The Kier molecular flexibility index (Phi) is 4.50. The second-order valence-corrected chi connectivity index (χ2v) is 6.61. The van der Waals surface area contributed by atoms with Crippen molar-refractivity contribution in [3.63, 3.8) is 0 Å². The summed E-state index contributed by atoms with van der Waals surface area (Å²) in [5.74, 6) is 1.30. The van der Waals surface area contributed by atoms with E-state index in [1.165, 1.54) is 0 Å². The average Bonchev–Trinajstić information content (AvgIpc) is 3.13. The number of nitrogens with zero attached hydrogens (tertiary/aromatic N) is 1. The number of rotatable bonds is 5. The van der Waals surface area contributed by atoms with Crippen LogP contribution in [-0.4, -0.2) is 23.0 Å². The number of nitrogens with one attached hydrogen (secondary N) is 2. The number of aromatic amines is 1. The van der Waals surface area contributed by atoms with E-state index in [0.29, 0.717) is 6.54 Å². The van der Waals surface area contributed by atoms with E-state index in [9.17, 15) is 4.79 Å². The van der Waals surface area contributed by atoms with Crippen molar-refractivity contribution < 1.29 is 9.53 Å². The first kappa shape index (κ1) is 17.1. The van der Waals surface area contributed by atoms with Crippen LogP contribution < -0.4 is 10.1 Å². The maximum atomic E-state index is 12.6. The summed E-state index contributed by atoms with van der Waals surface area (Å²) in [7, 11) is 1.66. The Labute approximate surface area is 157 Å². The molecule has 0 bridgehead atoms. The highest BCUT2D eigenvalue weighted by molar-refractivity contribution is 5.88. The number of aromatic nitrogens is 2. The standard InChI is InChI=1S/C22H21N3O2/c1-14(15-7-8-17-12-18(27-2)10-9-16(17)11-15)22(26)23-13-21-24-19-5-3-4-6-20(19)25-21/h3-12,14H,13H2,1-2H3,(H,23,26)(H,24,25)/t14-/m1/s1. The molecular formula is C22H21N3O2. The Bertz CT molecular complexity index is 1080. The molecule has 27 heavy (non-hydrogen) atoms. The maximum Gasteiger partial charge on any atom is 0.227 e. The summed E-state index contributed by atoms with van der Waals surface area (Å²) < 4.78 is 5.26. The van der Waals surface area contributed by atoms with Gasteiger partial charge in [0.25, 0.3) is 0 Å². The summed E-state index contributed by atoms with van der Waals surface area (Å²) in [6, 6.07) is 19.8. The zero-order valence-corrected chi connectivity index (χ0v) is 15.3. The molecular weight excluding hydrogens is 338 g/mol. The van der Waals surface area contributed by atoms with Gasteiger partial charge in [0.15, 0.2) is 0 Å². The van der Waals surface area contributed by atoms with Gasteiger partial charge in [0.1, 0.15) is 11.6 Å². The lowest BCUT2D eigenvalue weighted by Crippen LogP contribution is -2.27. The number of amides is 1. The number of H-pyrrole nitrogens is 1. The predicted molar refractivity (Wildman–Crippen MR) is 107 cm³/mol. The number of ether oxygens (including phenoxy) is 1. The largest absolute Gasteiger partial charge is 0.497 e. The summed E-state index contributed by atoms with van der Waals surface area (Å²) >= 11 is 0. The number of methoxy groups -OCH3 is 1. The molecule has 4 aromatic rings. The van der Waals surface area contributed by atoms with Gasteiger partial charge in [0.05, 0.1) is 30.6 Å². The van der Waals surface area contributed by atoms with E-state index in [4.69, 9.17) is 4.74 Å². The van der Waals surface area contributed by atoms with Crippen LogP contribution >= 0.6 is 0 Å². The fraction of sp³-hybridized carbons (Fsp3) is 0.182. The second kappa shape index (κ2) is 7.11. The van der Waals surface area contributed by atoms with Crippen molar-refractivity contribution in [1.29, 1.82) is 0 Å². The molecule has 0 aliphatic carbocycles. The lowest BCUT2D eigenvalue weighted by atomic mass is 9.97. The van der Waals surface area contributed by atoms with E-state index in [-0.39, 0.29) is 11.8 Å². The minimum Gasteiger partial charge on any atom is -0.497 e. The quantitative estimate of drug-likeness (QED) is 0.563. The van der Waals surface area contributed by atoms with Gasteiger partial charge in [-0.25, -0.2) is 4.98 Å². The van der Waals surface area contributed by atoms with Gasteiger partial charge in [0.2, 0.25) is 5.91 Å². The lowest BCUT2D eigenvalue weighted by Gasteiger charge is -2.13. The topological polar surface area (TPSA) is 67.0 Å². The summed E-state index contributed by atoms with van der Waals surface area (Å²) in [5.41, 5.74) is 2.86. The van der Waals surface area contributed by atoms with Crippen molar-refractivity contribution in [2.24, 2.45) is 0 Å². The molecule has 5 heteroatoms. The maximum absolute atomic E-state index is 12.6. The number of hydrogen-bond acceptors (Lipinski definition) is 3. The molecule has 1 heterocycles. The molecule has 0 radical (unpaired) electrons. The Morgan fingerprint density at radius 1 is 1.11 bits per heavy atom. The smallest absolute Gasteiger partial charge is 0.227 e. The monoisotopic (exact) mass is 359 g/mol. The molecule has 136 valence electrons. The molecule has 0 aliphatic heterocycles. The van der Waals surface area contributed by atoms with Crippen LogP contribution in [0.2, 0.25) is 0 Å². The molecule has 4 rings (SSSR count). The highest BCUT2D eigenvalue weighted by Gasteiger charge is 2.16. The van der Waals surface area contributed by atoms with Crippen molar-refractivity contribution in [3.8, 4) is 5.75 Å². The van der Waals surface area contributed by atoms with Crippen LogP contribution in [0.5, 0.6) is 5.75 Å². The molecule has 1 atom stereocenters. The van der Waals surface area contributed by atoms with E-state index < -0.39 is 0 Å². The van der Waals surface area contributed by atoms with E-state index in [1.807, 2.05) is 61.5 Å². The van der Waals surface area contributed by atoms with Crippen molar-refractivity contribution in [1.82, 2.24) is 15.3 Å². The molecule has 1 amide bonds. The third kappa shape index (κ3) is 3.49. The zero-order valence-electron chi connectivity index (χ0n) is 15.3. The first-order valence-corrected chi connectivity index (χ1v) is 8.93. The SMILES string of the molecule is COc1ccc2cc([C@@H](C)C(=O)NCc3nc4ccccc4[nH]3)ccc2c1. The van der Waals surface area contributed by atoms with Gasteiger partial charge in [-0.15, -0.1) is 0 Å². The molecule has 0 fully saturated rings. The number of carbonyl (C=O) groups is 1. The van der Waals surface area contributed by atoms with Crippen molar-refractivity contribution in [2.45, 2.75) is 19.4 Å². The minimum absolute atomic E-state index is 0.0247. The van der Waals surface area contributed by atoms with Gasteiger partial charge in [-0.1, -0.05) is 36.4 Å². The van der Waals surface area contributed by atoms with Crippen LogP contribution in [0.4, 0.5) is 0 Å². The van der Waals surface area contributed by atoms with Gasteiger partial charge in [-0.3, -0.25) is 4.79 Å². The summed E-state index contributed by atoms with van der Waals surface area (Å²) in [5, 5.41) is 5.15. The molecule has 5 nitrogen and oxygen atoms in total. The molecule has 0 saturated carbocycles. The molecule has 0 unspecified atom stereocenters. The number of fused-ring (bicyclic) bond motifs is 2. The van der Waals surface area contributed by atoms with Crippen molar-refractivity contribution >= 4 is 27.7 Å². The molecule has 1 aromatic heterocycles. The van der Waals surface area contributed by atoms with Crippen LogP contribution in [-0.2, 0) is 11.3 Å². The Morgan fingerprint density at radius 3 is 2.70 bits per heavy atom. The minimum atomic E-state index is -0.249. The second-order valence-electron chi connectivity index (χ2n) is 6.61. The van der Waals surface area contributed by atoms with E-state index >= 15 is 0 Å². The van der Waals surface area contributed by atoms with E-state index in [0.717, 1.165) is 38.9 Å². The van der Waals surface area contributed by atoms with Crippen molar-refractivity contribution in [3.05, 3.63) is 72.1 Å². The third-order valence-electron chi connectivity index (χ3n) is 4.83. The number of imidazole rings is 1. The summed E-state index contributed by atoms with van der Waals surface area (Å²) in [6.45, 7) is 2.29.